The molecule has 2 unspecified atom stereocenters. The van der Waals surface area contributed by atoms with E-state index in [0.717, 1.165) is 32.4 Å². The minimum Gasteiger partial charge on any atom is -0.343 e. The number of nitrogens with zero attached hydrogens (tertiary/aromatic N) is 2. The molecule has 1 aromatic rings. The van der Waals surface area contributed by atoms with Gasteiger partial charge in [0.05, 0.1) is 0 Å². The van der Waals surface area contributed by atoms with Crippen LogP contribution in [0.2, 0.25) is 0 Å². The van der Waals surface area contributed by atoms with Crippen molar-refractivity contribution >= 4 is 24.2 Å². The first kappa shape index (κ1) is 21.7. The van der Waals surface area contributed by atoms with Crippen LogP contribution in [0.4, 0.5) is 0 Å². The van der Waals surface area contributed by atoms with Gasteiger partial charge in [0.25, 0.3) is 0 Å². The molecule has 2 fully saturated rings. The minimum atomic E-state index is 0. The second kappa shape index (κ2) is 10.1. The highest BCUT2D eigenvalue weighted by Gasteiger charge is 2.34. The molecule has 5 nitrogen and oxygen atoms in total. The molecule has 2 aliphatic rings. The summed E-state index contributed by atoms with van der Waals surface area (Å²) in [4.78, 5) is 29.3. The Balaban J connectivity index is 0.00000261. The standard InChI is InChI=1S/C21H31N3O2.ClH/c1-16-17(2)24(15-12-22-16)21(26)19-10-13-23(14-11-19)20(25)9-8-18-6-4-3-5-7-18;/h3-7,16-17,19,22H,8-15H2,1-2H3;1H. The number of hydrogen-bond acceptors (Lipinski definition) is 3. The van der Waals surface area contributed by atoms with Crippen molar-refractivity contribution in [1.29, 1.82) is 0 Å². The second-order valence-electron chi connectivity index (χ2n) is 7.66. The van der Waals surface area contributed by atoms with Crippen LogP contribution in [-0.4, -0.2) is 59.9 Å². The highest BCUT2D eigenvalue weighted by Crippen LogP contribution is 2.23. The molecular weight excluding hydrogens is 362 g/mol. The number of carbonyl (C=O) groups excluding carboxylic acids is 2. The van der Waals surface area contributed by atoms with Crippen LogP contribution in [0.3, 0.4) is 0 Å². The van der Waals surface area contributed by atoms with Gasteiger partial charge in [-0.25, -0.2) is 0 Å². The van der Waals surface area contributed by atoms with Gasteiger partial charge in [0.1, 0.15) is 0 Å². The molecule has 2 saturated heterocycles. The van der Waals surface area contributed by atoms with Crippen LogP contribution >= 0.6 is 12.4 Å². The van der Waals surface area contributed by atoms with E-state index in [1.165, 1.54) is 5.56 Å². The fourth-order valence-corrected chi connectivity index (χ4v) is 4.03. The Labute approximate surface area is 168 Å². The third-order valence-electron chi connectivity index (χ3n) is 5.98. The number of carbonyl (C=O) groups is 2. The quantitative estimate of drug-likeness (QED) is 0.855. The van der Waals surface area contributed by atoms with Crippen molar-refractivity contribution in [1.82, 2.24) is 15.1 Å². The van der Waals surface area contributed by atoms with Gasteiger partial charge >= 0.3 is 0 Å². The lowest BCUT2D eigenvalue weighted by atomic mass is 9.93. The molecule has 0 radical (unpaired) electrons. The Morgan fingerprint density at radius 2 is 1.74 bits per heavy atom. The maximum absolute atomic E-state index is 12.9. The van der Waals surface area contributed by atoms with Crippen LogP contribution in [0.1, 0.15) is 38.7 Å². The van der Waals surface area contributed by atoms with Crippen molar-refractivity contribution in [3.63, 3.8) is 0 Å². The summed E-state index contributed by atoms with van der Waals surface area (Å²) < 4.78 is 0. The van der Waals surface area contributed by atoms with Gasteiger partial charge < -0.3 is 15.1 Å². The first-order chi connectivity index (χ1) is 12.6. The largest absolute Gasteiger partial charge is 0.343 e. The molecule has 6 heteroatoms. The predicted octanol–water partition coefficient (Wildman–Crippen LogP) is 2.49. The van der Waals surface area contributed by atoms with Gasteiger partial charge in [0.15, 0.2) is 0 Å². The van der Waals surface area contributed by atoms with Gasteiger partial charge in [-0.15, -0.1) is 12.4 Å². The number of piperidine rings is 1. The maximum Gasteiger partial charge on any atom is 0.226 e. The average molecular weight is 394 g/mol. The van der Waals surface area contributed by atoms with Crippen LogP contribution < -0.4 is 5.32 Å². The normalized spacial score (nSPS) is 23.6. The summed E-state index contributed by atoms with van der Waals surface area (Å²) in [5.74, 6) is 0.562. The first-order valence-electron chi connectivity index (χ1n) is 9.92. The Hall–Kier alpha value is -1.59. The van der Waals surface area contributed by atoms with Crippen molar-refractivity contribution in [2.45, 2.75) is 51.6 Å². The summed E-state index contributed by atoms with van der Waals surface area (Å²) >= 11 is 0. The lowest BCUT2D eigenvalue weighted by molar-refractivity contribution is -0.143. The average Bonchev–Trinajstić information content (AvgIpc) is 2.68. The van der Waals surface area contributed by atoms with E-state index in [4.69, 9.17) is 0 Å². The van der Waals surface area contributed by atoms with Crippen molar-refractivity contribution in [3.8, 4) is 0 Å². The number of hydrogen-bond donors (Lipinski definition) is 1. The number of nitrogens with one attached hydrogen (secondary N) is 1. The summed E-state index contributed by atoms with van der Waals surface area (Å²) in [7, 11) is 0. The molecule has 0 spiro atoms. The molecule has 150 valence electrons. The monoisotopic (exact) mass is 393 g/mol. The lowest BCUT2D eigenvalue weighted by Crippen LogP contribution is -2.59. The molecule has 27 heavy (non-hydrogen) atoms. The van der Waals surface area contributed by atoms with Gasteiger partial charge in [-0.1, -0.05) is 30.3 Å². The molecule has 0 saturated carbocycles. The maximum atomic E-state index is 12.9. The van der Waals surface area contributed by atoms with Crippen molar-refractivity contribution in [2.24, 2.45) is 5.92 Å². The van der Waals surface area contributed by atoms with E-state index in [0.29, 0.717) is 25.6 Å². The zero-order valence-electron chi connectivity index (χ0n) is 16.4. The van der Waals surface area contributed by atoms with Crippen LogP contribution in [0.25, 0.3) is 0 Å². The summed E-state index contributed by atoms with van der Waals surface area (Å²) in [6.45, 7) is 7.34. The molecule has 0 aromatic heterocycles. The lowest BCUT2D eigenvalue weighted by Gasteiger charge is -2.41. The number of aryl methyl sites for hydroxylation is 1. The van der Waals surface area contributed by atoms with E-state index in [2.05, 4.69) is 31.3 Å². The van der Waals surface area contributed by atoms with E-state index < -0.39 is 0 Å². The van der Waals surface area contributed by atoms with Crippen LogP contribution in [0.5, 0.6) is 0 Å². The minimum absolute atomic E-state index is 0. The molecule has 0 bridgehead atoms. The predicted molar refractivity (Wildman–Crippen MR) is 110 cm³/mol. The fourth-order valence-electron chi connectivity index (χ4n) is 4.03. The number of benzene rings is 1. The Morgan fingerprint density at radius 3 is 2.41 bits per heavy atom. The van der Waals surface area contributed by atoms with Gasteiger partial charge in [0.2, 0.25) is 11.8 Å². The molecule has 3 rings (SSSR count). The third-order valence-corrected chi connectivity index (χ3v) is 5.98. The molecule has 0 aliphatic carbocycles. The number of halogens is 1. The first-order valence-corrected chi connectivity index (χ1v) is 9.92. The van der Waals surface area contributed by atoms with E-state index in [-0.39, 0.29) is 36.2 Å². The summed E-state index contributed by atoms with van der Waals surface area (Å²) in [5, 5.41) is 3.42. The van der Waals surface area contributed by atoms with Gasteiger partial charge in [-0.05, 0) is 38.7 Å². The van der Waals surface area contributed by atoms with E-state index >= 15 is 0 Å². The van der Waals surface area contributed by atoms with Crippen molar-refractivity contribution in [3.05, 3.63) is 35.9 Å². The van der Waals surface area contributed by atoms with Crippen LogP contribution in [0.15, 0.2) is 30.3 Å². The summed E-state index contributed by atoms with van der Waals surface area (Å²) in [5.41, 5.74) is 1.20. The highest BCUT2D eigenvalue weighted by molar-refractivity contribution is 5.85. The fraction of sp³-hybridized carbons (Fsp3) is 0.619. The van der Waals surface area contributed by atoms with E-state index in [9.17, 15) is 9.59 Å². The molecule has 1 aromatic carbocycles. The van der Waals surface area contributed by atoms with Crippen LogP contribution in [-0.2, 0) is 16.0 Å². The number of piperazine rings is 1. The smallest absolute Gasteiger partial charge is 0.226 e. The Kier molecular flexibility index (Phi) is 8.11. The summed E-state index contributed by atoms with van der Waals surface area (Å²) in [6.07, 6.45) is 2.92. The molecule has 2 atom stereocenters. The molecule has 2 amide bonds. The number of amides is 2. The zero-order chi connectivity index (χ0) is 18.5. The topological polar surface area (TPSA) is 52.7 Å². The van der Waals surface area contributed by atoms with Crippen LogP contribution in [0, 0.1) is 5.92 Å². The Morgan fingerprint density at radius 1 is 1.07 bits per heavy atom. The SMILES string of the molecule is CC1NCCN(C(=O)C2CCN(C(=O)CCc3ccccc3)CC2)C1C.Cl. The van der Waals surface area contributed by atoms with Gasteiger partial charge in [-0.3, -0.25) is 9.59 Å². The molecule has 1 N–H and O–H groups in total. The number of likely N-dealkylation sites (tertiary alicyclic amines) is 1. The molecular formula is C21H32ClN3O2. The second-order valence-corrected chi connectivity index (χ2v) is 7.66. The van der Waals surface area contributed by atoms with E-state index in [1.807, 2.05) is 28.0 Å². The summed E-state index contributed by atoms with van der Waals surface area (Å²) in [6, 6.07) is 10.7. The van der Waals surface area contributed by atoms with Crippen molar-refractivity contribution < 1.29 is 9.59 Å². The van der Waals surface area contributed by atoms with Gasteiger partial charge in [-0.2, -0.15) is 0 Å². The molecule has 2 heterocycles. The van der Waals surface area contributed by atoms with E-state index in [1.54, 1.807) is 0 Å². The third kappa shape index (κ3) is 5.45. The zero-order valence-corrected chi connectivity index (χ0v) is 17.2. The number of rotatable bonds is 4. The molecule has 2 aliphatic heterocycles. The van der Waals surface area contributed by atoms with Gasteiger partial charge in [0, 0.05) is 50.6 Å². The van der Waals surface area contributed by atoms with Crippen molar-refractivity contribution in [2.75, 3.05) is 26.2 Å². The Bertz CT molecular complexity index is 617. The highest BCUT2D eigenvalue weighted by atomic mass is 35.5.